The van der Waals surface area contributed by atoms with E-state index < -0.39 is 80.7 Å². The second kappa shape index (κ2) is 43.2. The van der Waals surface area contributed by atoms with Gasteiger partial charge in [-0.25, -0.2) is 0 Å². The van der Waals surface area contributed by atoms with Crippen LogP contribution in [-0.4, -0.2) is 142 Å². The largest absolute Gasteiger partial charge is 0.457 e. The zero-order chi connectivity index (χ0) is 50.2. The van der Waals surface area contributed by atoms with E-state index in [1.165, 1.54) is 148 Å². The van der Waals surface area contributed by atoms with Crippen molar-refractivity contribution in [3.8, 4) is 0 Å². The molecule has 0 aromatic heterocycles. The summed E-state index contributed by atoms with van der Waals surface area (Å²) in [6.45, 7) is 3.72. The average molecular weight is 989 g/mol. The molecule has 11 atom stereocenters. The van der Waals surface area contributed by atoms with Gasteiger partial charge in [0.05, 0.1) is 26.4 Å². The number of aliphatic hydroxyl groups is 7. The Balaban J connectivity index is 1.72. The number of esters is 1. The van der Waals surface area contributed by atoms with Gasteiger partial charge in [-0.1, -0.05) is 199 Å². The van der Waals surface area contributed by atoms with Crippen LogP contribution in [0.2, 0.25) is 0 Å². The Bertz CT molecular complexity index is 1190. The molecule has 0 saturated carbocycles. The zero-order valence-electron chi connectivity index (χ0n) is 43.6. The van der Waals surface area contributed by atoms with Crippen molar-refractivity contribution >= 4 is 5.97 Å². The predicted molar refractivity (Wildman–Crippen MR) is 271 cm³/mol. The summed E-state index contributed by atoms with van der Waals surface area (Å²) >= 11 is 0. The van der Waals surface area contributed by atoms with E-state index in [4.69, 9.17) is 28.4 Å². The van der Waals surface area contributed by atoms with Crippen molar-refractivity contribution < 1.29 is 69.0 Å². The molecule has 0 aromatic carbocycles. The van der Waals surface area contributed by atoms with Crippen LogP contribution >= 0.6 is 0 Å². The first-order valence-electron chi connectivity index (χ1n) is 28.3. The van der Waals surface area contributed by atoms with Gasteiger partial charge in [0.25, 0.3) is 0 Å². The number of ether oxygens (including phenoxy) is 6. The molecule has 2 saturated heterocycles. The predicted octanol–water partition coefficient (Wildman–Crippen LogP) is 9.41. The Morgan fingerprint density at radius 1 is 0.464 bits per heavy atom. The SMILES string of the molecule is CCCCCCCC/C=C\CCCCCCCC(=O)OC(COCCCCCCCCCCCCCCCCCCCCCC)COC1OC(COC2OC(CO)C(O)C(O)C2O)C(O)C(O)C1O. The van der Waals surface area contributed by atoms with E-state index in [-0.39, 0.29) is 25.6 Å². The summed E-state index contributed by atoms with van der Waals surface area (Å²) in [5.41, 5.74) is 0. The molecule has 2 heterocycles. The van der Waals surface area contributed by atoms with Gasteiger partial charge in [0.15, 0.2) is 12.6 Å². The molecule has 69 heavy (non-hydrogen) atoms. The van der Waals surface area contributed by atoms with Gasteiger partial charge < -0.3 is 64.2 Å². The van der Waals surface area contributed by atoms with Crippen LogP contribution in [0, 0.1) is 0 Å². The highest BCUT2D eigenvalue weighted by molar-refractivity contribution is 5.69. The highest BCUT2D eigenvalue weighted by Gasteiger charge is 2.47. The highest BCUT2D eigenvalue weighted by Crippen LogP contribution is 2.27. The summed E-state index contributed by atoms with van der Waals surface area (Å²) < 4.78 is 34.4. The number of carbonyl (C=O) groups excluding carboxylic acids is 1. The second-order valence-corrected chi connectivity index (χ2v) is 20.1. The van der Waals surface area contributed by atoms with Crippen molar-refractivity contribution in [1.29, 1.82) is 0 Å². The summed E-state index contributed by atoms with van der Waals surface area (Å²) in [5, 5.41) is 72.2. The van der Waals surface area contributed by atoms with Gasteiger partial charge in [0.2, 0.25) is 0 Å². The standard InChI is InChI=1S/C55H104O14/c1-3-5-7-9-11-13-15-17-19-20-21-22-23-25-27-29-31-33-35-37-39-64-41-44(67-47(57)38-36-34-32-30-28-26-24-18-16-14-12-10-8-6-4-2)42-65-54-53(63)51(61)49(59)46(69-54)43-66-55-52(62)50(60)48(58)45(40-56)68-55/h18,24,44-46,48-56,58-63H,3-17,19-23,25-43H2,1-2H3/b24-18-. The molecule has 0 spiro atoms. The summed E-state index contributed by atoms with van der Waals surface area (Å²) in [7, 11) is 0. The van der Waals surface area contributed by atoms with E-state index in [2.05, 4.69) is 26.0 Å². The molecule has 0 amide bonds. The first-order chi connectivity index (χ1) is 33.6. The third-order valence-corrected chi connectivity index (χ3v) is 13.8. The van der Waals surface area contributed by atoms with Crippen molar-refractivity contribution in [2.45, 2.75) is 300 Å². The fourth-order valence-corrected chi connectivity index (χ4v) is 9.16. The minimum absolute atomic E-state index is 0.0644. The van der Waals surface area contributed by atoms with Crippen LogP contribution in [0.25, 0.3) is 0 Å². The quantitative estimate of drug-likeness (QED) is 0.0172. The van der Waals surface area contributed by atoms with Crippen LogP contribution in [0.5, 0.6) is 0 Å². The van der Waals surface area contributed by atoms with Gasteiger partial charge in [0.1, 0.15) is 54.9 Å². The number of hydrogen-bond acceptors (Lipinski definition) is 14. The second-order valence-electron chi connectivity index (χ2n) is 20.1. The fourth-order valence-electron chi connectivity index (χ4n) is 9.16. The van der Waals surface area contributed by atoms with E-state index in [0.717, 1.165) is 57.8 Å². The monoisotopic (exact) mass is 989 g/mol. The summed E-state index contributed by atoms with van der Waals surface area (Å²) in [4.78, 5) is 13.0. The number of carbonyl (C=O) groups is 1. The van der Waals surface area contributed by atoms with Gasteiger partial charge in [-0.2, -0.15) is 0 Å². The molecule has 408 valence electrons. The number of aliphatic hydroxyl groups excluding tert-OH is 7. The van der Waals surface area contributed by atoms with Gasteiger partial charge in [-0.05, 0) is 38.5 Å². The Morgan fingerprint density at radius 3 is 1.32 bits per heavy atom. The topological polar surface area (TPSA) is 214 Å². The Morgan fingerprint density at radius 2 is 0.855 bits per heavy atom. The van der Waals surface area contributed by atoms with Crippen molar-refractivity contribution in [2.24, 2.45) is 0 Å². The van der Waals surface area contributed by atoms with Crippen LogP contribution in [0.4, 0.5) is 0 Å². The first kappa shape index (κ1) is 63.8. The molecule has 7 N–H and O–H groups in total. The number of allylic oxidation sites excluding steroid dienone is 2. The Hall–Kier alpha value is -1.27. The molecule has 0 aliphatic carbocycles. The first-order valence-corrected chi connectivity index (χ1v) is 28.3. The van der Waals surface area contributed by atoms with Gasteiger partial charge in [-0.15, -0.1) is 0 Å². The van der Waals surface area contributed by atoms with Crippen LogP contribution in [0.15, 0.2) is 12.2 Å². The maximum atomic E-state index is 13.0. The van der Waals surface area contributed by atoms with Gasteiger partial charge >= 0.3 is 5.97 Å². The smallest absolute Gasteiger partial charge is 0.306 e. The van der Waals surface area contributed by atoms with E-state index in [9.17, 15) is 40.5 Å². The van der Waals surface area contributed by atoms with Crippen LogP contribution in [-0.2, 0) is 33.2 Å². The molecule has 14 nitrogen and oxygen atoms in total. The Kier molecular flexibility index (Phi) is 39.9. The molecule has 2 aliphatic heterocycles. The third-order valence-electron chi connectivity index (χ3n) is 13.8. The Labute approximate surface area is 418 Å². The van der Waals surface area contributed by atoms with Crippen LogP contribution in [0.1, 0.15) is 232 Å². The lowest BCUT2D eigenvalue weighted by Gasteiger charge is -2.42. The number of hydrogen-bond donors (Lipinski definition) is 7. The molecule has 2 aliphatic rings. The summed E-state index contributed by atoms with van der Waals surface area (Å²) in [6.07, 6.45) is 29.9. The van der Waals surface area contributed by atoms with Crippen molar-refractivity contribution in [2.75, 3.05) is 33.0 Å². The van der Waals surface area contributed by atoms with E-state index >= 15 is 0 Å². The lowest BCUT2D eigenvalue weighted by Crippen LogP contribution is -2.61. The van der Waals surface area contributed by atoms with Crippen molar-refractivity contribution in [1.82, 2.24) is 0 Å². The summed E-state index contributed by atoms with van der Waals surface area (Å²) in [6, 6.07) is 0. The van der Waals surface area contributed by atoms with E-state index in [0.29, 0.717) is 13.0 Å². The van der Waals surface area contributed by atoms with Gasteiger partial charge in [0, 0.05) is 13.0 Å². The van der Waals surface area contributed by atoms with Gasteiger partial charge in [-0.3, -0.25) is 4.79 Å². The number of unbranched alkanes of at least 4 members (excludes halogenated alkanes) is 30. The van der Waals surface area contributed by atoms with E-state index in [1.54, 1.807) is 0 Å². The molecule has 2 fully saturated rings. The molecule has 14 heteroatoms. The third kappa shape index (κ3) is 30.5. The fraction of sp³-hybridized carbons (Fsp3) is 0.945. The lowest BCUT2D eigenvalue weighted by atomic mass is 9.98. The van der Waals surface area contributed by atoms with Crippen LogP contribution < -0.4 is 0 Å². The van der Waals surface area contributed by atoms with Crippen molar-refractivity contribution in [3.05, 3.63) is 12.2 Å². The molecule has 0 bridgehead atoms. The molecular formula is C55H104O14. The molecule has 0 radical (unpaired) electrons. The molecule has 0 aromatic rings. The average Bonchev–Trinajstić information content (AvgIpc) is 3.35. The van der Waals surface area contributed by atoms with Crippen LogP contribution in [0.3, 0.4) is 0 Å². The maximum absolute atomic E-state index is 13.0. The summed E-state index contributed by atoms with van der Waals surface area (Å²) in [5.74, 6) is -0.380. The minimum atomic E-state index is -1.70. The highest BCUT2D eigenvalue weighted by atomic mass is 16.7. The minimum Gasteiger partial charge on any atom is -0.457 e. The molecule has 11 unspecified atom stereocenters. The normalized spacial score (nSPS) is 25.7. The molecular weight excluding hydrogens is 885 g/mol. The lowest BCUT2D eigenvalue weighted by molar-refractivity contribution is -0.332. The number of rotatable bonds is 46. The molecule has 2 rings (SSSR count). The van der Waals surface area contributed by atoms with E-state index in [1.807, 2.05) is 0 Å². The maximum Gasteiger partial charge on any atom is 0.306 e. The van der Waals surface area contributed by atoms with Crippen molar-refractivity contribution in [3.63, 3.8) is 0 Å². The zero-order valence-corrected chi connectivity index (χ0v) is 43.6.